The number of pyridine rings is 2. The SMILES string of the molecule is CCSc1cc(C2(C#N)CC2)cnc1-c1nc2cc(C(F)(F)F)cnc2n1C. The Morgan fingerprint density at radius 2 is 2.00 bits per heavy atom. The van der Waals surface area contributed by atoms with Gasteiger partial charge in [0.05, 0.1) is 17.0 Å². The highest BCUT2D eigenvalue weighted by Crippen LogP contribution is 2.48. The van der Waals surface area contributed by atoms with E-state index in [4.69, 9.17) is 0 Å². The van der Waals surface area contributed by atoms with E-state index in [1.165, 1.54) is 0 Å². The van der Waals surface area contributed by atoms with E-state index >= 15 is 0 Å². The fourth-order valence-electron chi connectivity index (χ4n) is 3.17. The fourth-order valence-corrected chi connectivity index (χ4v) is 3.97. The maximum atomic E-state index is 13.0. The predicted octanol–water partition coefficient (Wildman–Crippen LogP) is 4.72. The van der Waals surface area contributed by atoms with E-state index in [2.05, 4.69) is 21.0 Å². The second-order valence-corrected chi connectivity index (χ2v) is 8.06. The minimum Gasteiger partial charge on any atom is -0.310 e. The van der Waals surface area contributed by atoms with E-state index in [0.29, 0.717) is 17.2 Å². The molecule has 1 aliphatic rings. The zero-order valence-electron chi connectivity index (χ0n) is 15.2. The molecule has 144 valence electrons. The van der Waals surface area contributed by atoms with Gasteiger partial charge in [0.1, 0.15) is 11.2 Å². The maximum Gasteiger partial charge on any atom is 0.417 e. The van der Waals surface area contributed by atoms with E-state index in [9.17, 15) is 18.4 Å². The van der Waals surface area contributed by atoms with Crippen LogP contribution in [0.4, 0.5) is 13.2 Å². The molecule has 28 heavy (non-hydrogen) atoms. The second kappa shape index (κ2) is 6.48. The van der Waals surface area contributed by atoms with E-state index in [-0.39, 0.29) is 5.52 Å². The number of fused-ring (bicyclic) bond motifs is 1. The summed E-state index contributed by atoms with van der Waals surface area (Å²) in [5.74, 6) is 1.24. The lowest BCUT2D eigenvalue weighted by atomic mass is 9.99. The van der Waals surface area contributed by atoms with E-state index in [1.54, 1.807) is 29.6 Å². The zero-order valence-corrected chi connectivity index (χ0v) is 16.0. The van der Waals surface area contributed by atoms with Crippen molar-refractivity contribution in [2.75, 3.05) is 5.75 Å². The van der Waals surface area contributed by atoms with E-state index in [1.807, 2.05) is 13.0 Å². The summed E-state index contributed by atoms with van der Waals surface area (Å²) in [6.45, 7) is 2.00. The number of aromatic nitrogens is 4. The van der Waals surface area contributed by atoms with E-state index < -0.39 is 17.2 Å². The summed E-state index contributed by atoms with van der Waals surface area (Å²) in [4.78, 5) is 13.7. The third-order valence-corrected chi connectivity index (χ3v) is 5.83. The number of rotatable bonds is 4. The van der Waals surface area contributed by atoms with Crippen molar-refractivity contribution >= 4 is 22.9 Å². The van der Waals surface area contributed by atoms with Gasteiger partial charge in [0.2, 0.25) is 0 Å². The molecular weight excluding hydrogens is 387 g/mol. The first-order chi connectivity index (χ1) is 13.3. The van der Waals surface area contributed by atoms with Crippen molar-refractivity contribution in [1.29, 1.82) is 5.26 Å². The van der Waals surface area contributed by atoms with Gasteiger partial charge in [-0.25, -0.2) is 9.97 Å². The molecule has 1 fully saturated rings. The number of imidazole rings is 1. The molecular formula is C19H16F3N5S. The van der Waals surface area contributed by atoms with Gasteiger partial charge in [-0.1, -0.05) is 6.92 Å². The largest absolute Gasteiger partial charge is 0.417 e. The lowest BCUT2D eigenvalue weighted by molar-refractivity contribution is -0.137. The minimum absolute atomic E-state index is 0.168. The van der Waals surface area contributed by atoms with Crippen LogP contribution in [0.15, 0.2) is 29.4 Å². The molecule has 4 rings (SSSR count). The molecule has 0 radical (unpaired) electrons. The minimum atomic E-state index is -4.47. The maximum absolute atomic E-state index is 13.0. The van der Waals surface area contributed by atoms with Crippen molar-refractivity contribution in [1.82, 2.24) is 19.5 Å². The topological polar surface area (TPSA) is 67.4 Å². The Hall–Kier alpha value is -2.60. The third kappa shape index (κ3) is 3.02. The number of hydrogen-bond donors (Lipinski definition) is 0. The zero-order chi connectivity index (χ0) is 20.1. The summed E-state index contributed by atoms with van der Waals surface area (Å²) < 4.78 is 40.6. The summed E-state index contributed by atoms with van der Waals surface area (Å²) in [6, 6.07) is 5.32. The van der Waals surface area contributed by atoms with Crippen LogP contribution in [0, 0.1) is 11.3 Å². The highest BCUT2D eigenvalue weighted by atomic mass is 32.2. The smallest absolute Gasteiger partial charge is 0.310 e. The van der Waals surface area contributed by atoms with Gasteiger partial charge in [-0.2, -0.15) is 18.4 Å². The normalized spacial score (nSPS) is 15.6. The van der Waals surface area contributed by atoms with Crippen LogP contribution >= 0.6 is 11.8 Å². The number of aryl methyl sites for hydroxylation is 1. The molecule has 9 heteroatoms. The molecule has 3 aromatic heterocycles. The molecule has 0 amide bonds. The van der Waals surface area contributed by atoms with Crippen molar-refractivity contribution in [3.05, 3.63) is 35.7 Å². The van der Waals surface area contributed by atoms with Gasteiger partial charge >= 0.3 is 6.18 Å². The average molecular weight is 403 g/mol. The van der Waals surface area contributed by atoms with Gasteiger partial charge in [0, 0.05) is 24.3 Å². The van der Waals surface area contributed by atoms with Gasteiger partial charge in [-0.3, -0.25) is 4.98 Å². The van der Waals surface area contributed by atoms with Crippen molar-refractivity contribution in [2.24, 2.45) is 7.05 Å². The van der Waals surface area contributed by atoms with Gasteiger partial charge < -0.3 is 4.57 Å². The van der Waals surface area contributed by atoms with Crippen LogP contribution < -0.4 is 0 Å². The number of halogens is 3. The second-order valence-electron chi connectivity index (χ2n) is 6.76. The fraction of sp³-hybridized carbons (Fsp3) is 0.368. The summed E-state index contributed by atoms with van der Waals surface area (Å²) >= 11 is 1.57. The first-order valence-electron chi connectivity index (χ1n) is 8.73. The number of hydrogen-bond acceptors (Lipinski definition) is 5. The molecule has 5 nitrogen and oxygen atoms in total. The summed E-state index contributed by atoms with van der Waals surface area (Å²) in [6.07, 6.45) is -0.346. The molecule has 0 spiro atoms. The third-order valence-electron chi connectivity index (χ3n) is 4.92. The Bertz CT molecular complexity index is 1110. The summed E-state index contributed by atoms with van der Waals surface area (Å²) in [7, 11) is 1.71. The molecule has 0 N–H and O–H groups in total. The van der Waals surface area contributed by atoms with Crippen molar-refractivity contribution in [3.8, 4) is 17.6 Å². The van der Waals surface area contributed by atoms with Crippen molar-refractivity contribution in [3.63, 3.8) is 0 Å². The lowest BCUT2D eigenvalue weighted by Gasteiger charge is -2.12. The van der Waals surface area contributed by atoms with Gasteiger partial charge in [0.15, 0.2) is 11.5 Å². The molecule has 3 heterocycles. The Labute approximate surface area is 163 Å². The molecule has 0 atom stereocenters. The molecule has 1 aliphatic carbocycles. The molecule has 1 saturated carbocycles. The van der Waals surface area contributed by atoms with Crippen molar-refractivity contribution < 1.29 is 13.2 Å². The average Bonchev–Trinajstić information content (AvgIpc) is 3.40. The van der Waals surface area contributed by atoms with Gasteiger partial charge in [0.25, 0.3) is 0 Å². The van der Waals surface area contributed by atoms with Crippen molar-refractivity contribution in [2.45, 2.75) is 36.3 Å². The van der Waals surface area contributed by atoms with Crippen LogP contribution in [-0.2, 0) is 18.6 Å². The van der Waals surface area contributed by atoms with Crippen LogP contribution in [0.3, 0.4) is 0 Å². The molecule has 0 unspecified atom stereocenters. The molecule has 0 saturated heterocycles. The van der Waals surface area contributed by atoms with E-state index in [0.717, 1.165) is 41.3 Å². The molecule has 0 bridgehead atoms. The standard InChI is InChI=1S/C19H16F3N5S/c1-3-28-14-7-11(18(10-23)4-5-18)8-24-15(14)17-26-13-6-12(19(20,21)22)9-25-16(13)27(17)2/h6-9H,3-5H2,1-2H3. The Kier molecular flexibility index (Phi) is 4.34. The Balaban J connectivity index is 1.85. The van der Waals surface area contributed by atoms with Crippen LogP contribution in [0.2, 0.25) is 0 Å². The molecule has 0 aromatic carbocycles. The quantitative estimate of drug-likeness (QED) is 0.590. The first kappa shape index (κ1) is 18.7. The van der Waals surface area contributed by atoms with Gasteiger partial charge in [-0.05, 0) is 36.3 Å². The van der Waals surface area contributed by atoms with Crippen LogP contribution in [-0.4, -0.2) is 25.3 Å². The van der Waals surface area contributed by atoms with Crippen LogP contribution in [0.1, 0.15) is 30.9 Å². The summed E-state index contributed by atoms with van der Waals surface area (Å²) in [5.41, 5.74) is 0.702. The number of alkyl halides is 3. The number of nitrogens with zero attached hydrogens (tertiary/aromatic N) is 5. The first-order valence-corrected chi connectivity index (χ1v) is 9.72. The monoisotopic (exact) mass is 403 g/mol. The van der Waals surface area contributed by atoms with Crippen LogP contribution in [0.25, 0.3) is 22.7 Å². The number of nitriles is 1. The lowest BCUT2D eigenvalue weighted by Crippen LogP contribution is -2.06. The summed E-state index contributed by atoms with van der Waals surface area (Å²) in [5, 5.41) is 9.45. The highest BCUT2D eigenvalue weighted by Gasteiger charge is 2.45. The predicted molar refractivity (Wildman–Crippen MR) is 99.7 cm³/mol. The van der Waals surface area contributed by atoms with Crippen LogP contribution in [0.5, 0.6) is 0 Å². The molecule has 0 aliphatic heterocycles. The Morgan fingerprint density at radius 1 is 1.25 bits per heavy atom. The molecule has 3 aromatic rings. The highest BCUT2D eigenvalue weighted by molar-refractivity contribution is 7.99. The number of thioether (sulfide) groups is 1. The van der Waals surface area contributed by atoms with Gasteiger partial charge in [-0.15, -0.1) is 11.8 Å². The Morgan fingerprint density at radius 3 is 2.61 bits per heavy atom.